The van der Waals surface area contributed by atoms with Crippen LogP contribution in [0.15, 0.2) is 24.3 Å². The number of methoxy groups -OCH3 is 1. The van der Waals surface area contributed by atoms with Crippen LogP contribution < -0.4 is 20.8 Å². The first kappa shape index (κ1) is 12.2. The Bertz CT molecular complexity index is 453. The Hall–Kier alpha value is -2.28. The number of carbonyl (C=O) groups is 2. The molecule has 0 aromatic heterocycles. The van der Waals surface area contributed by atoms with Crippen LogP contribution in [-0.4, -0.2) is 37.4 Å². The van der Waals surface area contributed by atoms with E-state index in [1.807, 2.05) is 0 Å². The molecule has 1 heterocycles. The van der Waals surface area contributed by atoms with Crippen LogP contribution in [0, 0.1) is 0 Å². The van der Waals surface area contributed by atoms with Crippen LogP contribution >= 0.6 is 0 Å². The fraction of sp³-hybridized carbons (Fsp3) is 0.273. The van der Waals surface area contributed by atoms with E-state index in [0.717, 1.165) is 0 Å². The van der Waals surface area contributed by atoms with Crippen molar-refractivity contribution in [3.63, 3.8) is 0 Å². The molecule has 0 atom stereocenters. The molecule has 0 saturated carbocycles. The van der Waals surface area contributed by atoms with Gasteiger partial charge in [-0.25, -0.2) is 4.79 Å². The van der Waals surface area contributed by atoms with E-state index in [2.05, 4.69) is 16.1 Å². The van der Waals surface area contributed by atoms with Gasteiger partial charge in [0.2, 0.25) is 0 Å². The Morgan fingerprint density at radius 3 is 2.67 bits per heavy atom. The van der Waals surface area contributed by atoms with Crippen LogP contribution in [0.3, 0.4) is 0 Å². The number of benzene rings is 1. The molecule has 1 aliphatic rings. The molecule has 3 N–H and O–H groups in total. The summed E-state index contributed by atoms with van der Waals surface area (Å²) >= 11 is 0. The van der Waals surface area contributed by atoms with Crippen molar-refractivity contribution < 1.29 is 14.3 Å². The third kappa shape index (κ3) is 2.69. The lowest BCUT2D eigenvalue weighted by Crippen LogP contribution is -2.59. The number of ether oxygens (including phenoxy) is 1. The van der Waals surface area contributed by atoms with Crippen LogP contribution in [0.4, 0.5) is 4.79 Å². The summed E-state index contributed by atoms with van der Waals surface area (Å²) in [6, 6.07) is 6.68. The average Bonchev–Trinajstić information content (AvgIpc) is 2.41. The van der Waals surface area contributed by atoms with Gasteiger partial charge in [0.1, 0.15) is 5.75 Å². The molecule has 0 aliphatic carbocycles. The number of hydrogen-bond donors (Lipinski definition) is 3. The normalized spacial score (nSPS) is 15.5. The zero-order valence-electron chi connectivity index (χ0n) is 9.90. The lowest BCUT2D eigenvalue weighted by molar-refractivity contribution is 0.0728. The Morgan fingerprint density at radius 1 is 1.33 bits per heavy atom. The van der Waals surface area contributed by atoms with Crippen molar-refractivity contribution in [1.82, 2.24) is 21.1 Å². The highest BCUT2D eigenvalue weighted by molar-refractivity contribution is 5.96. The molecule has 0 spiro atoms. The standard InChI is InChI=1S/C11H14N4O3/c1-18-9-5-3-2-4-8(9)10(16)14-15-6-12-11(17)13-7-15/h2-5H,6-7H2,1H3,(H,14,16)(H2,12,13,17). The van der Waals surface area contributed by atoms with E-state index in [1.165, 1.54) is 7.11 Å². The van der Waals surface area contributed by atoms with Crippen LogP contribution in [-0.2, 0) is 0 Å². The molecule has 0 bridgehead atoms. The second kappa shape index (κ2) is 5.37. The Morgan fingerprint density at radius 2 is 2.00 bits per heavy atom. The maximum atomic E-state index is 12.0. The van der Waals surface area contributed by atoms with E-state index in [4.69, 9.17) is 4.74 Å². The maximum absolute atomic E-state index is 12.0. The van der Waals surface area contributed by atoms with Gasteiger partial charge in [-0.2, -0.15) is 5.01 Å². The van der Waals surface area contributed by atoms with Crippen molar-refractivity contribution >= 4 is 11.9 Å². The summed E-state index contributed by atoms with van der Waals surface area (Å²) in [5.74, 6) is 0.217. The molecule has 96 valence electrons. The predicted octanol–water partition coefficient (Wildman–Crippen LogP) is -0.130. The van der Waals surface area contributed by atoms with Crippen molar-refractivity contribution in [3.05, 3.63) is 29.8 Å². The number of hydrazine groups is 1. The van der Waals surface area contributed by atoms with Gasteiger partial charge in [-0.3, -0.25) is 10.2 Å². The zero-order valence-corrected chi connectivity index (χ0v) is 9.90. The smallest absolute Gasteiger partial charge is 0.316 e. The van der Waals surface area contributed by atoms with Gasteiger partial charge in [-0.1, -0.05) is 12.1 Å². The predicted molar refractivity (Wildman–Crippen MR) is 63.7 cm³/mol. The first-order chi connectivity index (χ1) is 8.70. The topological polar surface area (TPSA) is 82.7 Å². The lowest BCUT2D eigenvalue weighted by atomic mass is 10.2. The number of nitrogens with one attached hydrogen (secondary N) is 3. The van der Waals surface area contributed by atoms with Crippen molar-refractivity contribution in [1.29, 1.82) is 0 Å². The van der Waals surface area contributed by atoms with E-state index >= 15 is 0 Å². The first-order valence-electron chi connectivity index (χ1n) is 5.41. The molecule has 0 unspecified atom stereocenters. The summed E-state index contributed by atoms with van der Waals surface area (Å²) in [7, 11) is 1.51. The SMILES string of the molecule is COc1ccccc1C(=O)NN1CNC(=O)NC1. The third-order valence-electron chi connectivity index (χ3n) is 2.47. The molecule has 1 aliphatic heterocycles. The highest BCUT2D eigenvalue weighted by Gasteiger charge is 2.18. The lowest BCUT2D eigenvalue weighted by Gasteiger charge is -2.28. The Kier molecular flexibility index (Phi) is 3.63. The Labute approximate surface area is 104 Å². The van der Waals surface area contributed by atoms with Gasteiger partial charge >= 0.3 is 6.03 Å². The largest absolute Gasteiger partial charge is 0.496 e. The van der Waals surface area contributed by atoms with Gasteiger partial charge in [0, 0.05) is 0 Å². The Balaban J connectivity index is 2.01. The van der Waals surface area contributed by atoms with Crippen molar-refractivity contribution in [3.8, 4) is 5.75 Å². The summed E-state index contributed by atoms with van der Waals surface area (Å²) < 4.78 is 5.11. The number of carbonyl (C=O) groups excluding carboxylic acids is 2. The molecule has 1 fully saturated rings. The summed E-state index contributed by atoms with van der Waals surface area (Å²) in [6.45, 7) is 0.513. The van der Waals surface area contributed by atoms with Crippen molar-refractivity contribution in [2.45, 2.75) is 0 Å². The monoisotopic (exact) mass is 250 g/mol. The zero-order chi connectivity index (χ0) is 13.0. The summed E-state index contributed by atoms with van der Waals surface area (Å²) in [5, 5.41) is 6.65. The number of amides is 3. The average molecular weight is 250 g/mol. The highest BCUT2D eigenvalue weighted by Crippen LogP contribution is 2.16. The van der Waals surface area contributed by atoms with Gasteiger partial charge in [-0.15, -0.1) is 0 Å². The summed E-state index contributed by atoms with van der Waals surface area (Å²) in [6.07, 6.45) is 0. The second-order valence-corrected chi connectivity index (χ2v) is 3.68. The van der Waals surface area contributed by atoms with E-state index < -0.39 is 0 Å². The number of rotatable bonds is 3. The molecule has 7 heteroatoms. The van der Waals surface area contributed by atoms with Gasteiger partial charge in [0.25, 0.3) is 5.91 Å². The highest BCUT2D eigenvalue weighted by atomic mass is 16.5. The van der Waals surface area contributed by atoms with Crippen LogP contribution in [0.5, 0.6) is 5.75 Å². The van der Waals surface area contributed by atoms with Crippen LogP contribution in [0.1, 0.15) is 10.4 Å². The van der Waals surface area contributed by atoms with E-state index in [-0.39, 0.29) is 25.3 Å². The minimum absolute atomic E-state index is 0.252. The molecule has 1 aromatic carbocycles. The van der Waals surface area contributed by atoms with Crippen molar-refractivity contribution in [2.24, 2.45) is 0 Å². The van der Waals surface area contributed by atoms with Crippen molar-refractivity contribution in [2.75, 3.05) is 20.4 Å². The van der Waals surface area contributed by atoms with E-state index in [0.29, 0.717) is 11.3 Å². The fourth-order valence-corrected chi connectivity index (χ4v) is 1.57. The van der Waals surface area contributed by atoms with E-state index in [1.54, 1.807) is 29.3 Å². The van der Waals surface area contributed by atoms with E-state index in [9.17, 15) is 9.59 Å². The number of urea groups is 1. The fourth-order valence-electron chi connectivity index (χ4n) is 1.57. The number of hydrogen-bond acceptors (Lipinski definition) is 4. The van der Waals surface area contributed by atoms with Gasteiger partial charge in [-0.05, 0) is 12.1 Å². The molecule has 18 heavy (non-hydrogen) atoms. The number of para-hydroxylation sites is 1. The minimum atomic E-state index is -0.287. The molecular formula is C11H14N4O3. The first-order valence-corrected chi connectivity index (χ1v) is 5.41. The van der Waals surface area contributed by atoms with Crippen LogP contribution in [0.25, 0.3) is 0 Å². The maximum Gasteiger partial charge on any atom is 0.316 e. The molecular weight excluding hydrogens is 236 g/mol. The summed E-state index contributed by atoms with van der Waals surface area (Å²) in [4.78, 5) is 22.9. The molecule has 2 rings (SSSR count). The minimum Gasteiger partial charge on any atom is -0.496 e. The number of nitrogens with zero attached hydrogens (tertiary/aromatic N) is 1. The third-order valence-corrected chi connectivity index (χ3v) is 2.47. The quantitative estimate of drug-likeness (QED) is 0.698. The summed E-state index contributed by atoms with van der Waals surface area (Å²) in [5.41, 5.74) is 3.11. The molecule has 1 saturated heterocycles. The van der Waals surface area contributed by atoms with Gasteiger partial charge in [0.15, 0.2) is 0 Å². The molecule has 0 radical (unpaired) electrons. The molecule has 1 aromatic rings. The van der Waals surface area contributed by atoms with Crippen LogP contribution in [0.2, 0.25) is 0 Å². The van der Waals surface area contributed by atoms with Gasteiger partial charge in [0.05, 0.1) is 26.0 Å². The molecule has 7 nitrogen and oxygen atoms in total. The second-order valence-electron chi connectivity index (χ2n) is 3.68. The van der Waals surface area contributed by atoms with Gasteiger partial charge < -0.3 is 15.4 Å². The molecule has 3 amide bonds.